The van der Waals surface area contributed by atoms with Crippen molar-refractivity contribution in [1.29, 1.82) is 0 Å². The summed E-state index contributed by atoms with van der Waals surface area (Å²) in [5, 5.41) is 15.2. The van der Waals surface area contributed by atoms with Crippen molar-refractivity contribution in [2.24, 2.45) is 0 Å². The summed E-state index contributed by atoms with van der Waals surface area (Å²) in [7, 11) is 0. The first-order valence-corrected chi connectivity index (χ1v) is 6.04. The number of carboxylic acid groups (broad SMARTS) is 1. The van der Waals surface area contributed by atoms with E-state index in [4.69, 9.17) is 5.11 Å². The van der Waals surface area contributed by atoms with Crippen molar-refractivity contribution in [3.63, 3.8) is 0 Å². The molecular weight excluding hydrogens is 216 g/mol. The van der Waals surface area contributed by atoms with Crippen LogP contribution in [0.1, 0.15) is 24.0 Å². The Bertz CT molecular complexity index is 404. The minimum absolute atomic E-state index is 0.234. The minimum Gasteiger partial charge on any atom is -0.481 e. The van der Waals surface area contributed by atoms with Gasteiger partial charge in [0.2, 0.25) is 0 Å². The number of para-hydroxylation sites is 1. The maximum Gasteiger partial charge on any atom is 0.303 e. The molecule has 2 rings (SSSR count). The van der Waals surface area contributed by atoms with Crippen LogP contribution in [0.25, 0.3) is 0 Å². The zero-order valence-electron chi connectivity index (χ0n) is 9.83. The minimum atomic E-state index is -0.728. The summed E-state index contributed by atoms with van der Waals surface area (Å²) in [6.07, 6.45) is 2.01. The summed E-state index contributed by atoms with van der Waals surface area (Å²) in [5.74, 6) is -0.728. The smallest absolute Gasteiger partial charge is 0.303 e. The Kier molecular flexibility index (Phi) is 3.98. The maximum absolute atomic E-state index is 10.3. The lowest BCUT2D eigenvalue weighted by molar-refractivity contribution is -0.137. The van der Waals surface area contributed by atoms with Crippen LogP contribution in [0, 0.1) is 0 Å². The number of anilines is 1. The number of fused-ring (bicyclic) bond motifs is 1. The van der Waals surface area contributed by atoms with Gasteiger partial charge in [0.1, 0.15) is 0 Å². The van der Waals surface area contributed by atoms with Crippen molar-refractivity contribution in [1.82, 2.24) is 5.32 Å². The number of hydrogen-bond donors (Lipinski definition) is 3. The molecule has 0 unspecified atom stereocenters. The summed E-state index contributed by atoms with van der Waals surface area (Å²) in [6, 6.07) is 6.35. The van der Waals surface area contributed by atoms with Crippen molar-refractivity contribution < 1.29 is 9.90 Å². The molecule has 0 radical (unpaired) electrons. The molecule has 1 heterocycles. The monoisotopic (exact) mass is 234 g/mol. The second-order valence-corrected chi connectivity index (χ2v) is 4.30. The summed E-state index contributed by atoms with van der Waals surface area (Å²) >= 11 is 0. The van der Waals surface area contributed by atoms with E-state index in [1.165, 1.54) is 16.8 Å². The molecule has 0 saturated heterocycles. The van der Waals surface area contributed by atoms with Gasteiger partial charge in [-0.25, -0.2) is 0 Å². The summed E-state index contributed by atoms with van der Waals surface area (Å²) in [4.78, 5) is 10.3. The Balaban J connectivity index is 1.80. The third-order valence-electron chi connectivity index (χ3n) is 2.99. The van der Waals surface area contributed by atoms with E-state index in [9.17, 15) is 4.79 Å². The number of carboxylic acids is 1. The van der Waals surface area contributed by atoms with Crippen molar-refractivity contribution in [3.8, 4) is 0 Å². The normalized spacial score (nSPS) is 13.2. The van der Waals surface area contributed by atoms with Crippen molar-refractivity contribution >= 4 is 11.7 Å². The lowest BCUT2D eigenvalue weighted by Gasteiger charge is -2.09. The van der Waals surface area contributed by atoms with Gasteiger partial charge >= 0.3 is 5.97 Å². The fraction of sp³-hybridized carbons (Fsp3) is 0.462. The van der Waals surface area contributed by atoms with Crippen molar-refractivity contribution in [2.45, 2.75) is 25.8 Å². The maximum atomic E-state index is 10.3. The molecule has 0 bridgehead atoms. The van der Waals surface area contributed by atoms with Crippen molar-refractivity contribution in [2.75, 3.05) is 18.4 Å². The van der Waals surface area contributed by atoms with Crippen LogP contribution in [-0.2, 0) is 17.8 Å². The molecule has 0 spiro atoms. The quantitative estimate of drug-likeness (QED) is 0.654. The third kappa shape index (κ3) is 3.20. The molecule has 1 aliphatic heterocycles. The van der Waals surface area contributed by atoms with Gasteiger partial charge in [0.05, 0.1) is 0 Å². The molecule has 0 aliphatic carbocycles. The Labute approximate surface area is 101 Å². The van der Waals surface area contributed by atoms with Crippen LogP contribution in [0.5, 0.6) is 0 Å². The molecule has 1 aromatic carbocycles. The topological polar surface area (TPSA) is 61.4 Å². The van der Waals surface area contributed by atoms with E-state index < -0.39 is 5.97 Å². The average Bonchev–Trinajstić information content (AvgIpc) is 2.77. The zero-order chi connectivity index (χ0) is 12.1. The fourth-order valence-electron chi connectivity index (χ4n) is 2.15. The Morgan fingerprint density at radius 1 is 1.47 bits per heavy atom. The third-order valence-corrected chi connectivity index (χ3v) is 2.99. The Morgan fingerprint density at radius 3 is 3.18 bits per heavy atom. The van der Waals surface area contributed by atoms with E-state index >= 15 is 0 Å². The lowest BCUT2D eigenvalue weighted by Crippen LogP contribution is -2.16. The molecule has 0 saturated carbocycles. The number of carbonyl (C=O) groups is 1. The van der Waals surface area contributed by atoms with Crippen LogP contribution in [0.4, 0.5) is 5.69 Å². The van der Waals surface area contributed by atoms with Gasteiger partial charge in [0, 0.05) is 25.2 Å². The Hall–Kier alpha value is -1.55. The standard InChI is InChI=1S/C13H18N2O2/c16-12(17)5-2-7-14-9-11-4-1-3-10-6-8-15-13(10)11/h1,3-4,14-15H,2,5-9H2,(H,16,17). The van der Waals surface area contributed by atoms with Gasteiger partial charge in [0.15, 0.2) is 0 Å². The van der Waals surface area contributed by atoms with Gasteiger partial charge in [-0.2, -0.15) is 0 Å². The van der Waals surface area contributed by atoms with E-state index in [1.807, 2.05) is 0 Å². The van der Waals surface area contributed by atoms with E-state index in [0.717, 1.165) is 26.1 Å². The zero-order valence-corrected chi connectivity index (χ0v) is 9.83. The SMILES string of the molecule is O=C(O)CCCNCc1cccc2c1NCC2. The van der Waals surface area contributed by atoms with Crippen LogP contribution < -0.4 is 10.6 Å². The first kappa shape index (κ1) is 11.9. The van der Waals surface area contributed by atoms with E-state index in [0.29, 0.717) is 6.42 Å². The predicted octanol–water partition coefficient (Wildman–Crippen LogP) is 1.61. The molecule has 0 atom stereocenters. The summed E-state index contributed by atoms with van der Waals surface area (Å²) in [5.41, 5.74) is 3.92. The molecule has 4 heteroatoms. The van der Waals surface area contributed by atoms with E-state index in [1.54, 1.807) is 0 Å². The molecule has 1 aromatic rings. The van der Waals surface area contributed by atoms with Gasteiger partial charge in [0.25, 0.3) is 0 Å². The summed E-state index contributed by atoms with van der Waals surface area (Å²) in [6.45, 7) is 2.57. The van der Waals surface area contributed by atoms with Crippen LogP contribution >= 0.6 is 0 Å². The number of aliphatic carboxylic acids is 1. The molecule has 3 N–H and O–H groups in total. The average molecular weight is 234 g/mol. The Morgan fingerprint density at radius 2 is 2.35 bits per heavy atom. The molecule has 1 aliphatic rings. The highest BCUT2D eigenvalue weighted by Crippen LogP contribution is 2.25. The molecule has 0 fully saturated rings. The van der Waals surface area contributed by atoms with Crippen LogP contribution in [-0.4, -0.2) is 24.2 Å². The van der Waals surface area contributed by atoms with Crippen LogP contribution in [0.15, 0.2) is 18.2 Å². The molecule has 0 amide bonds. The van der Waals surface area contributed by atoms with Crippen molar-refractivity contribution in [3.05, 3.63) is 29.3 Å². The first-order chi connectivity index (χ1) is 8.27. The molecule has 4 nitrogen and oxygen atoms in total. The lowest BCUT2D eigenvalue weighted by atomic mass is 10.1. The fourth-order valence-corrected chi connectivity index (χ4v) is 2.15. The molecule has 0 aromatic heterocycles. The van der Waals surface area contributed by atoms with Gasteiger partial charge in [-0.05, 0) is 30.5 Å². The summed E-state index contributed by atoms with van der Waals surface area (Å²) < 4.78 is 0. The van der Waals surface area contributed by atoms with Gasteiger partial charge in [-0.3, -0.25) is 4.79 Å². The highest BCUT2D eigenvalue weighted by Gasteiger charge is 2.12. The second-order valence-electron chi connectivity index (χ2n) is 4.30. The predicted molar refractivity (Wildman–Crippen MR) is 67.2 cm³/mol. The highest BCUT2D eigenvalue weighted by molar-refractivity contribution is 5.66. The second kappa shape index (κ2) is 5.68. The number of rotatable bonds is 6. The number of hydrogen-bond acceptors (Lipinski definition) is 3. The van der Waals surface area contributed by atoms with Gasteiger partial charge in [-0.1, -0.05) is 18.2 Å². The van der Waals surface area contributed by atoms with E-state index in [2.05, 4.69) is 28.8 Å². The van der Waals surface area contributed by atoms with E-state index in [-0.39, 0.29) is 6.42 Å². The first-order valence-electron chi connectivity index (χ1n) is 6.04. The molecule has 92 valence electrons. The highest BCUT2D eigenvalue weighted by atomic mass is 16.4. The van der Waals surface area contributed by atoms with Crippen LogP contribution in [0.2, 0.25) is 0 Å². The van der Waals surface area contributed by atoms with Crippen LogP contribution in [0.3, 0.4) is 0 Å². The molecule has 17 heavy (non-hydrogen) atoms. The largest absolute Gasteiger partial charge is 0.481 e. The van der Waals surface area contributed by atoms with Gasteiger partial charge < -0.3 is 15.7 Å². The number of benzene rings is 1. The number of nitrogens with one attached hydrogen (secondary N) is 2. The van der Waals surface area contributed by atoms with Gasteiger partial charge in [-0.15, -0.1) is 0 Å². The molecular formula is C13H18N2O2.